The Kier molecular flexibility index (Phi) is 5.60. The molecule has 2 heterocycles. The number of allylic oxidation sites excluding steroid dienone is 4. The molecule has 21 heavy (non-hydrogen) atoms. The first kappa shape index (κ1) is 14.9. The molecule has 0 aromatic heterocycles. The Labute approximate surface area is 123 Å². The van der Waals surface area contributed by atoms with E-state index in [1.165, 1.54) is 12.4 Å². The standard InChI is InChI=1S/C14H18N4O3/c19-15-9-13-1-5-17(6-2-13)11-21-12-18-7-3-14(4-8-18)10-16-20/h1-5,7,9-10,19-20H,6,8,11-12H2. The number of hydrogen-bond donors (Lipinski definition) is 2. The predicted molar refractivity (Wildman–Crippen MR) is 79.2 cm³/mol. The second kappa shape index (κ2) is 7.91. The quantitative estimate of drug-likeness (QED) is 0.438. The third kappa shape index (κ3) is 4.81. The van der Waals surface area contributed by atoms with Crippen LogP contribution in [0.1, 0.15) is 0 Å². The van der Waals surface area contributed by atoms with Gasteiger partial charge in [-0.25, -0.2) is 0 Å². The molecule has 0 amide bonds. The van der Waals surface area contributed by atoms with Crippen molar-refractivity contribution in [3.63, 3.8) is 0 Å². The highest BCUT2D eigenvalue weighted by atomic mass is 16.5. The van der Waals surface area contributed by atoms with Gasteiger partial charge < -0.3 is 25.0 Å². The molecule has 2 aliphatic heterocycles. The lowest BCUT2D eigenvalue weighted by molar-refractivity contribution is 0.00755. The van der Waals surface area contributed by atoms with Crippen LogP contribution in [0.2, 0.25) is 0 Å². The molecule has 0 aromatic carbocycles. The fourth-order valence-corrected chi connectivity index (χ4v) is 1.88. The van der Waals surface area contributed by atoms with Crippen molar-refractivity contribution in [3.05, 3.63) is 47.9 Å². The Bertz CT molecular complexity index is 474. The van der Waals surface area contributed by atoms with Crippen molar-refractivity contribution in [1.29, 1.82) is 0 Å². The van der Waals surface area contributed by atoms with E-state index in [0.717, 1.165) is 11.1 Å². The summed E-state index contributed by atoms with van der Waals surface area (Å²) in [5, 5.41) is 22.9. The van der Waals surface area contributed by atoms with Crippen LogP contribution in [-0.2, 0) is 4.74 Å². The smallest absolute Gasteiger partial charge is 0.121 e. The molecule has 0 spiro atoms. The summed E-state index contributed by atoms with van der Waals surface area (Å²) in [5.74, 6) is 0. The van der Waals surface area contributed by atoms with E-state index in [-0.39, 0.29) is 0 Å². The van der Waals surface area contributed by atoms with E-state index in [4.69, 9.17) is 15.2 Å². The van der Waals surface area contributed by atoms with E-state index in [1.807, 2.05) is 46.5 Å². The molecule has 0 saturated carbocycles. The number of oxime groups is 2. The molecule has 0 aliphatic carbocycles. The molecule has 0 saturated heterocycles. The Hall–Kier alpha value is -2.54. The minimum Gasteiger partial charge on any atom is -0.411 e. The molecule has 0 atom stereocenters. The first-order chi connectivity index (χ1) is 10.3. The van der Waals surface area contributed by atoms with Crippen LogP contribution >= 0.6 is 0 Å². The highest BCUT2D eigenvalue weighted by molar-refractivity contribution is 5.82. The van der Waals surface area contributed by atoms with Gasteiger partial charge in [-0.3, -0.25) is 0 Å². The number of ether oxygens (including phenoxy) is 1. The molecule has 0 radical (unpaired) electrons. The molecule has 2 aliphatic rings. The van der Waals surface area contributed by atoms with E-state index >= 15 is 0 Å². The lowest BCUT2D eigenvalue weighted by Crippen LogP contribution is -2.29. The van der Waals surface area contributed by atoms with Gasteiger partial charge in [0.2, 0.25) is 0 Å². The van der Waals surface area contributed by atoms with Crippen LogP contribution < -0.4 is 0 Å². The van der Waals surface area contributed by atoms with Gasteiger partial charge >= 0.3 is 0 Å². The minimum atomic E-state index is 0.482. The molecule has 0 unspecified atom stereocenters. The van der Waals surface area contributed by atoms with Crippen molar-refractivity contribution in [3.8, 4) is 0 Å². The van der Waals surface area contributed by atoms with Crippen LogP contribution in [0, 0.1) is 0 Å². The average molecular weight is 290 g/mol. The van der Waals surface area contributed by atoms with Gasteiger partial charge in [0.1, 0.15) is 13.5 Å². The van der Waals surface area contributed by atoms with Gasteiger partial charge in [0.15, 0.2) is 0 Å². The molecular formula is C14H18N4O3. The average Bonchev–Trinajstić information content (AvgIpc) is 2.51. The molecule has 2 rings (SSSR count). The van der Waals surface area contributed by atoms with Gasteiger partial charge in [-0.1, -0.05) is 22.5 Å². The van der Waals surface area contributed by atoms with E-state index in [9.17, 15) is 0 Å². The van der Waals surface area contributed by atoms with E-state index in [1.54, 1.807) is 0 Å². The molecule has 0 fully saturated rings. The summed E-state index contributed by atoms with van der Waals surface area (Å²) in [7, 11) is 0. The number of nitrogens with zero attached hydrogens (tertiary/aromatic N) is 4. The van der Waals surface area contributed by atoms with Crippen molar-refractivity contribution in [2.75, 3.05) is 26.6 Å². The van der Waals surface area contributed by atoms with Crippen molar-refractivity contribution < 1.29 is 15.2 Å². The highest BCUT2D eigenvalue weighted by Gasteiger charge is 2.06. The Morgan fingerprint density at radius 2 is 1.43 bits per heavy atom. The van der Waals surface area contributed by atoms with Gasteiger partial charge in [-0.05, 0) is 23.3 Å². The van der Waals surface area contributed by atoms with Gasteiger partial charge in [0.05, 0.1) is 12.4 Å². The first-order valence-corrected chi connectivity index (χ1v) is 6.49. The Morgan fingerprint density at radius 3 is 1.76 bits per heavy atom. The molecule has 2 N–H and O–H groups in total. The lowest BCUT2D eigenvalue weighted by Gasteiger charge is -2.25. The monoisotopic (exact) mass is 290 g/mol. The fourth-order valence-electron chi connectivity index (χ4n) is 1.88. The minimum absolute atomic E-state index is 0.482. The molecule has 0 bridgehead atoms. The van der Waals surface area contributed by atoms with Gasteiger partial charge in [-0.2, -0.15) is 0 Å². The summed E-state index contributed by atoms with van der Waals surface area (Å²) in [6.07, 6.45) is 14.2. The van der Waals surface area contributed by atoms with E-state index in [2.05, 4.69) is 10.3 Å². The predicted octanol–water partition coefficient (Wildman–Crippen LogP) is 1.35. The maximum atomic E-state index is 8.44. The van der Waals surface area contributed by atoms with Gasteiger partial charge in [0.25, 0.3) is 0 Å². The maximum Gasteiger partial charge on any atom is 0.121 e. The fraction of sp³-hybridized carbons (Fsp3) is 0.286. The number of rotatable bonds is 6. The zero-order chi connectivity index (χ0) is 14.9. The molecular weight excluding hydrogens is 272 g/mol. The van der Waals surface area contributed by atoms with Crippen LogP contribution in [0.25, 0.3) is 0 Å². The summed E-state index contributed by atoms with van der Waals surface area (Å²) in [6.45, 7) is 2.39. The zero-order valence-electron chi connectivity index (χ0n) is 11.5. The Balaban J connectivity index is 1.66. The third-order valence-corrected chi connectivity index (χ3v) is 3.01. The third-order valence-electron chi connectivity index (χ3n) is 3.01. The second-order valence-electron chi connectivity index (χ2n) is 4.53. The molecule has 7 nitrogen and oxygen atoms in total. The van der Waals surface area contributed by atoms with Crippen molar-refractivity contribution in [1.82, 2.24) is 9.80 Å². The van der Waals surface area contributed by atoms with Crippen LogP contribution in [0.3, 0.4) is 0 Å². The van der Waals surface area contributed by atoms with Crippen LogP contribution in [0.4, 0.5) is 0 Å². The topological polar surface area (TPSA) is 80.9 Å². The number of hydrogen-bond acceptors (Lipinski definition) is 7. The second-order valence-corrected chi connectivity index (χ2v) is 4.53. The summed E-state index contributed by atoms with van der Waals surface area (Å²) in [4.78, 5) is 4.00. The SMILES string of the molecule is ON=CC1=CCN(COCN2C=CC(C=NO)=CC2)C=C1. The summed E-state index contributed by atoms with van der Waals surface area (Å²) in [6, 6.07) is 0. The van der Waals surface area contributed by atoms with Gasteiger partial charge in [-0.15, -0.1) is 0 Å². The van der Waals surface area contributed by atoms with Crippen molar-refractivity contribution in [2.24, 2.45) is 10.3 Å². The zero-order valence-corrected chi connectivity index (χ0v) is 11.5. The largest absolute Gasteiger partial charge is 0.411 e. The molecule has 7 heteroatoms. The maximum absolute atomic E-state index is 8.44. The summed E-state index contributed by atoms with van der Waals surface area (Å²) in [5.41, 5.74) is 1.74. The normalized spacial score (nSPS) is 18.7. The molecule has 0 aromatic rings. The van der Waals surface area contributed by atoms with Crippen molar-refractivity contribution >= 4 is 12.4 Å². The summed E-state index contributed by atoms with van der Waals surface area (Å²) < 4.78 is 5.63. The van der Waals surface area contributed by atoms with E-state index in [0.29, 0.717) is 26.6 Å². The van der Waals surface area contributed by atoms with Gasteiger partial charge in [0, 0.05) is 25.5 Å². The van der Waals surface area contributed by atoms with Crippen LogP contribution in [0.5, 0.6) is 0 Å². The van der Waals surface area contributed by atoms with Crippen LogP contribution in [0.15, 0.2) is 58.2 Å². The Morgan fingerprint density at radius 1 is 0.952 bits per heavy atom. The van der Waals surface area contributed by atoms with E-state index < -0.39 is 0 Å². The van der Waals surface area contributed by atoms with Crippen LogP contribution in [-0.4, -0.2) is 59.2 Å². The van der Waals surface area contributed by atoms with Crippen molar-refractivity contribution in [2.45, 2.75) is 0 Å². The lowest BCUT2D eigenvalue weighted by atomic mass is 10.2. The first-order valence-electron chi connectivity index (χ1n) is 6.49. The summed E-state index contributed by atoms with van der Waals surface area (Å²) >= 11 is 0. The molecule has 112 valence electrons. The highest BCUT2D eigenvalue weighted by Crippen LogP contribution is 2.07.